The number of rotatable bonds is 0. The SMILES string of the molecule is O=S1(=O)c2ccccc2Oc2cc(O)ccc21. The van der Waals surface area contributed by atoms with Gasteiger partial charge in [0, 0.05) is 6.07 Å². The summed E-state index contributed by atoms with van der Waals surface area (Å²) in [6, 6.07) is 10.4. The molecular formula is C12H8O4S. The smallest absolute Gasteiger partial charge is 0.213 e. The maximum absolute atomic E-state index is 12.2. The van der Waals surface area contributed by atoms with Crippen LogP contribution in [0.15, 0.2) is 52.3 Å². The summed E-state index contributed by atoms with van der Waals surface area (Å²) in [4.78, 5) is 0.229. The lowest BCUT2D eigenvalue weighted by Gasteiger charge is -2.19. The van der Waals surface area contributed by atoms with E-state index in [1.54, 1.807) is 18.2 Å². The zero-order valence-corrected chi connectivity index (χ0v) is 9.44. The van der Waals surface area contributed by atoms with Crippen molar-refractivity contribution < 1.29 is 18.3 Å². The molecule has 0 aromatic heterocycles. The summed E-state index contributed by atoms with van der Waals surface area (Å²) in [7, 11) is -3.55. The fourth-order valence-corrected chi connectivity index (χ4v) is 3.27. The van der Waals surface area contributed by atoms with Crippen LogP contribution in [0.5, 0.6) is 17.2 Å². The molecule has 5 heteroatoms. The molecule has 86 valence electrons. The predicted molar refractivity (Wildman–Crippen MR) is 60.1 cm³/mol. The van der Waals surface area contributed by atoms with E-state index in [0.29, 0.717) is 0 Å². The lowest BCUT2D eigenvalue weighted by molar-refractivity contribution is 0.430. The second-order valence-electron chi connectivity index (χ2n) is 3.68. The van der Waals surface area contributed by atoms with Crippen LogP contribution in [0.25, 0.3) is 0 Å². The van der Waals surface area contributed by atoms with Crippen molar-refractivity contribution in [3.05, 3.63) is 42.5 Å². The minimum absolute atomic E-state index is 0.0293. The summed E-state index contributed by atoms with van der Waals surface area (Å²) in [6.45, 7) is 0. The zero-order valence-electron chi connectivity index (χ0n) is 8.62. The van der Waals surface area contributed by atoms with Crippen LogP contribution in [-0.4, -0.2) is 13.5 Å². The Bertz CT molecular complexity index is 704. The standard InChI is InChI=1S/C12H8O4S/c13-8-5-6-12-10(7-8)16-9-3-1-2-4-11(9)17(12,14)15/h1-7,13H. The van der Waals surface area contributed by atoms with Crippen molar-refractivity contribution in [2.24, 2.45) is 0 Å². The first-order chi connectivity index (χ1) is 8.09. The summed E-state index contributed by atoms with van der Waals surface area (Å²) in [6.07, 6.45) is 0. The molecule has 1 N–H and O–H groups in total. The van der Waals surface area contributed by atoms with Crippen molar-refractivity contribution in [1.29, 1.82) is 0 Å². The highest BCUT2D eigenvalue weighted by molar-refractivity contribution is 7.91. The van der Waals surface area contributed by atoms with E-state index in [9.17, 15) is 13.5 Å². The Hall–Kier alpha value is -2.01. The second kappa shape index (κ2) is 3.24. The quantitative estimate of drug-likeness (QED) is 0.663. The average molecular weight is 248 g/mol. The molecule has 0 saturated heterocycles. The van der Waals surface area contributed by atoms with Crippen LogP contribution < -0.4 is 4.74 Å². The lowest BCUT2D eigenvalue weighted by atomic mass is 10.3. The Labute approximate surface area is 98.0 Å². The fourth-order valence-electron chi connectivity index (χ4n) is 1.79. The van der Waals surface area contributed by atoms with Crippen molar-refractivity contribution in [1.82, 2.24) is 0 Å². The molecule has 0 atom stereocenters. The second-order valence-corrected chi connectivity index (χ2v) is 5.57. The van der Waals surface area contributed by atoms with Crippen LogP contribution in [0.1, 0.15) is 0 Å². The van der Waals surface area contributed by atoms with Gasteiger partial charge >= 0.3 is 0 Å². The summed E-state index contributed by atoms with van der Waals surface area (Å²) in [5.41, 5.74) is 0. The van der Waals surface area contributed by atoms with Gasteiger partial charge in [0.15, 0.2) is 0 Å². The summed E-state index contributed by atoms with van der Waals surface area (Å²) < 4.78 is 29.9. The molecule has 0 spiro atoms. The Balaban J connectivity index is 2.35. The number of para-hydroxylation sites is 1. The van der Waals surface area contributed by atoms with Gasteiger partial charge in [-0.15, -0.1) is 0 Å². The monoisotopic (exact) mass is 248 g/mol. The zero-order chi connectivity index (χ0) is 12.0. The molecule has 17 heavy (non-hydrogen) atoms. The largest absolute Gasteiger partial charge is 0.508 e. The molecule has 0 unspecified atom stereocenters. The Morgan fingerprint density at radius 1 is 0.941 bits per heavy atom. The lowest BCUT2D eigenvalue weighted by Crippen LogP contribution is -2.10. The molecule has 1 aliphatic rings. The highest BCUT2D eigenvalue weighted by Gasteiger charge is 2.30. The molecule has 1 aliphatic heterocycles. The number of phenolic OH excluding ortho intramolecular Hbond substituents is 1. The number of hydrogen-bond acceptors (Lipinski definition) is 4. The molecule has 2 aromatic carbocycles. The van der Waals surface area contributed by atoms with Gasteiger partial charge in [-0.25, -0.2) is 8.42 Å². The third-order valence-electron chi connectivity index (χ3n) is 2.58. The van der Waals surface area contributed by atoms with Gasteiger partial charge in [-0.05, 0) is 24.3 Å². The maximum Gasteiger partial charge on any atom is 0.213 e. The number of benzene rings is 2. The first kappa shape index (κ1) is 10.2. The number of sulfone groups is 1. The van der Waals surface area contributed by atoms with Crippen LogP contribution in [0.2, 0.25) is 0 Å². The van der Waals surface area contributed by atoms with Gasteiger partial charge in [0.2, 0.25) is 9.84 Å². The van der Waals surface area contributed by atoms with Crippen molar-refractivity contribution >= 4 is 9.84 Å². The fraction of sp³-hybridized carbons (Fsp3) is 0. The minimum atomic E-state index is -3.55. The normalized spacial score (nSPS) is 15.5. The van der Waals surface area contributed by atoms with Crippen molar-refractivity contribution in [2.75, 3.05) is 0 Å². The van der Waals surface area contributed by atoms with E-state index in [2.05, 4.69) is 0 Å². The third kappa shape index (κ3) is 1.39. The first-order valence-corrected chi connectivity index (χ1v) is 6.42. The molecule has 0 fully saturated rings. The van der Waals surface area contributed by atoms with Gasteiger partial charge in [-0.2, -0.15) is 0 Å². The average Bonchev–Trinajstić information content (AvgIpc) is 2.28. The van der Waals surface area contributed by atoms with E-state index in [-0.39, 0.29) is 27.0 Å². The van der Waals surface area contributed by atoms with Gasteiger partial charge in [0.25, 0.3) is 0 Å². The number of fused-ring (bicyclic) bond motifs is 2. The Morgan fingerprint density at radius 2 is 1.65 bits per heavy atom. The number of ether oxygens (including phenoxy) is 1. The molecule has 0 radical (unpaired) electrons. The van der Waals surface area contributed by atoms with Gasteiger partial charge in [-0.3, -0.25) is 0 Å². The van der Waals surface area contributed by atoms with E-state index in [4.69, 9.17) is 4.74 Å². The summed E-state index contributed by atoms with van der Waals surface area (Å²) >= 11 is 0. The van der Waals surface area contributed by atoms with E-state index >= 15 is 0 Å². The third-order valence-corrected chi connectivity index (χ3v) is 4.41. The van der Waals surface area contributed by atoms with Crippen LogP contribution >= 0.6 is 0 Å². The molecule has 3 rings (SSSR count). The summed E-state index contributed by atoms with van der Waals surface area (Å²) in [5.74, 6) is 0.410. The molecule has 1 heterocycles. The summed E-state index contributed by atoms with van der Waals surface area (Å²) in [5, 5.41) is 9.33. The van der Waals surface area contributed by atoms with E-state index in [0.717, 1.165) is 0 Å². The number of hydrogen-bond donors (Lipinski definition) is 1. The van der Waals surface area contributed by atoms with Crippen molar-refractivity contribution in [3.63, 3.8) is 0 Å². The Morgan fingerprint density at radius 3 is 2.47 bits per heavy atom. The molecule has 0 saturated carbocycles. The van der Waals surface area contributed by atoms with Crippen molar-refractivity contribution in [2.45, 2.75) is 9.79 Å². The molecule has 4 nitrogen and oxygen atoms in total. The minimum Gasteiger partial charge on any atom is -0.508 e. The van der Waals surface area contributed by atoms with Gasteiger partial charge in [0.05, 0.1) is 0 Å². The molecule has 0 aliphatic carbocycles. The Kier molecular flexibility index (Phi) is 1.94. The van der Waals surface area contributed by atoms with Gasteiger partial charge in [-0.1, -0.05) is 12.1 Å². The van der Waals surface area contributed by atoms with Crippen molar-refractivity contribution in [3.8, 4) is 17.2 Å². The van der Waals surface area contributed by atoms with Crippen LogP contribution in [0, 0.1) is 0 Å². The molecule has 0 bridgehead atoms. The van der Waals surface area contributed by atoms with E-state index < -0.39 is 9.84 Å². The van der Waals surface area contributed by atoms with E-state index in [1.165, 1.54) is 24.3 Å². The molecule has 0 amide bonds. The van der Waals surface area contributed by atoms with Crippen LogP contribution in [-0.2, 0) is 9.84 Å². The van der Waals surface area contributed by atoms with Gasteiger partial charge < -0.3 is 9.84 Å². The number of aromatic hydroxyl groups is 1. The molecular weight excluding hydrogens is 240 g/mol. The highest BCUT2D eigenvalue weighted by Crippen LogP contribution is 2.43. The predicted octanol–water partition coefficient (Wildman–Crippen LogP) is 2.33. The van der Waals surface area contributed by atoms with Crippen LogP contribution in [0.4, 0.5) is 0 Å². The van der Waals surface area contributed by atoms with Gasteiger partial charge in [0.1, 0.15) is 27.0 Å². The highest BCUT2D eigenvalue weighted by atomic mass is 32.2. The maximum atomic E-state index is 12.2. The molecule has 2 aromatic rings. The first-order valence-electron chi connectivity index (χ1n) is 4.94. The number of phenols is 1. The van der Waals surface area contributed by atoms with Crippen LogP contribution in [0.3, 0.4) is 0 Å². The van der Waals surface area contributed by atoms with E-state index in [1.807, 2.05) is 0 Å². The topological polar surface area (TPSA) is 63.6 Å².